The molecule has 0 N–H and O–H groups in total. The number of hydrogen-bond acceptors (Lipinski definition) is 3. The van der Waals surface area contributed by atoms with E-state index in [4.69, 9.17) is 28.0 Å². The molecule has 2 aromatic rings. The minimum atomic E-state index is 0.514. The molecule has 0 amide bonds. The summed E-state index contributed by atoms with van der Waals surface area (Å²) in [6.45, 7) is 2.56. The second-order valence-corrected chi connectivity index (χ2v) is 4.69. The van der Waals surface area contributed by atoms with Gasteiger partial charge in [0.2, 0.25) is 0 Å². The Balaban J connectivity index is 2.40. The summed E-state index contributed by atoms with van der Waals surface area (Å²) in [5, 5.41) is 5.22. The van der Waals surface area contributed by atoms with Crippen molar-refractivity contribution in [1.29, 1.82) is 0 Å². The first-order valence-corrected chi connectivity index (χ1v) is 6.61. The van der Waals surface area contributed by atoms with Crippen molar-refractivity contribution in [2.24, 2.45) is 5.16 Å². The van der Waals surface area contributed by atoms with Crippen molar-refractivity contribution in [3.63, 3.8) is 0 Å². The highest BCUT2D eigenvalue weighted by atomic mass is 35.5. The summed E-state index contributed by atoms with van der Waals surface area (Å²) in [5.74, 6) is 0.576. The zero-order chi connectivity index (χ0) is 13.7. The summed E-state index contributed by atoms with van der Waals surface area (Å²) >= 11 is 12.1. The molecule has 1 aromatic heterocycles. The summed E-state index contributed by atoms with van der Waals surface area (Å²) < 4.78 is 1.74. The molecule has 0 spiro atoms. The van der Waals surface area contributed by atoms with Gasteiger partial charge in [-0.1, -0.05) is 35.3 Å². The lowest BCUT2D eigenvalue weighted by molar-refractivity contribution is 0.144. The van der Waals surface area contributed by atoms with E-state index in [0.29, 0.717) is 22.5 Å². The first-order valence-electron chi connectivity index (χ1n) is 5.86. The number of aromatic nitrogens is 2. The van der Waals surface area contributed by atoms with Gasteiger partial charge in [-0.3, -0.25) is 4.57 Å². The molecule has 1 heterocycles. The van der Waals surface area contributed by atoms with Crippen molar-refractivity contribution in [3.8, 4) is 0 Å². The molecule has 0 fully saturated rings. The smallest absolute Gasteiger partial charge is 0.186 e. The van der Waals surface area contributed by atoms with Gasteiger partial charge in [-0.15, -0.1) is 0 Å². The topological polar surface area (TPSA) is 39.4 Å². The summed E-state index contributed by atoms with van der Waals surface area (Å²) in [6.07, 6.45) is 5.96. The molecule has 0 atom stereocenters. The second kappa shape index (κ2) is 6.59. The first-order chi connectivity index (χ1) is 9.22. The number of oxime groups is 1. The highest BCUT2D eigenvalue weighted by molar-refractivity contribution is 6.37. The standard InChI is InChI=1S/C13H13Cl2N3O/c1-2-7-19-17-13(18-6-5-16-9-18)11-4-3-10(14)8-12(11)15/h3-6,8-9H,2,7H2,1H3. The Morgan fingerprint density at radius 1 is 1.42 bits per heavy atom. The third-order valence-corrected chi connectivity index (χ3v) is 2.92. The first kappa shape index (κ1) is 13.9. The molecule has 0 unspecified atom stereocenters. The third-order valence-electron chi connectivity index (χ3n) is 2.37. The van der Waals surface area contributed by atoms with Crippen LogP contribution in [0.1, 0.15) is 18.9 Å². The predicted octanol–water partition coefficient (Wildman–Crippen LogP) is 3.83. The van der Waals surface area contributed by atoms with Crippen LogP contribution >= 0.6 is 23.2 Å². The van der Waals surface area contributed by atoms with Crippen LogP contribution < -0.4 is 0 Å². The molecule has 0 bridgehead atoms. The van der Waals surface area contributed by atoms with Crippen LogP contribution in [0.25, 0.3) is 0 Å². The van der Waals surface area contributed by atoms with Crippen LogP contribution in [-0.4, -0.2) is 22.0 Å². The molecule has 4 nitrogen and oxygen atoms in total. The Kier molecular flexibility index (Phi) is 4.82. The molecule has 0 aliphatic rings. The van der Waals surface area contributed by atoms with Crippen LogP contribution in [0.2, 0.25) is 10.0 Å². The maximum atomic E-state index is 6.20. The maximum absolute atomic E-state index is 6.20. The number of imidazole rings is 1. The fraction of sp³-hybridized carbons (Fsp3) is 0.231. The Morgan fingerprint density at radius 2 is 2.26 bits per heavy atom. The highest BCUT2D eigenvalue weighted by Gasteiger charge is 2.11. The molecule has 19 heavy (non-hydrogen) atoms. The van der Waals surface area contributed by atoms with E-state index in [2.05, 4.69) is 10.1 Å². The average Bonchev–Trinajstić information content (AvgIpc) is 2.89. The molecule has 6 heteroatoms. The number of benzene rings is 1. The Labute approximate surface area is 121 Å². The van der Waals surface area contributed by atoms with Gasteiger partial charge in [-0.2, -0.15) is 0 Å². The molecule has 0 radical (unpaired) electrons. The Hall–Kier alpha value is -1.52. The van der Waals surface area contributed by atoms with Crippen molar-refractivity contribution in [2.45, 2.75) is 13.3 Å². The van der Waals surface area contributed by atoms with E-state index in [1.165, 1.54) is 0 Å². The molecule has 0 saturated carbocycles. The van der Waals surface area contributed by atoms with Gasteiger partial charge in [-0.25, -0.2) is 4.98 Å². The third kappa shape index (κ3) is 3.49. The van der Waals surface area contributed by atoms with Gasteiger partial charge < -0.3 is 4.84 Å². The summed E-state index contributed by atoms with van der Waals surface area (Å²) in [4.78, 5) is 9.26. The normalized spacial score (nSPS) is 11.6. The van der Waals surface area contributed by atoms with Crippen LogP contribution in [0.15, 0.2) is 42.1 Å². The lowest BCUT2D eigenvalue weighted by Crippen LogP contribution is -2.13. The number of rotatable bonds is 4. The maximum Gasteiger partial charge on any atom is 0.186 e. The van der Waals surface area contributed by atoms with Gasteiger partial charge >= 0.3 is 0 Å². The zero-order valence-electron chi connectivity index (χ0n) is 10.4. The number of halogens is 2. The van der Waals surface area contributed by atoms with E-state index in [-0.39, 0.29) is 0 Å². The molecule has 2 rings (SSSR count). The molecule has 0 aliphatic carbocycles. The molecule has 0 saturated heterocycles. The minimum Gasteiger partial charge on any atom is -0.394 e. The van der Waals surface area contributed by atoms with Gasteiger partial charge in [-0.05, 0) is 24.6 Å². The quantitative estimate of drug-likeness (QED) is 0.372. The largest absolute Gasteiger partial charge is 0.394 e. The number of nitrogens with zero attached hydrogens (tertiary/aromatic N) is 3. The van der Waals surface area contributed by atoms with Crippen LogP contribution in [0.3, 0.4) is 0 Å². The van der Waals surface area contributed by atoms with E-state index in [0.717, 1.165) is 12.0 Å². The van der Waals surface area contributed by atoms with Crippen LogP contribution in [0, 0.1) is 0 Å². The van der Waals surface area contributed by atoms with Crippen molar-refractivity contribution in [1.82, 2.24) is 9.55 Å². The Morgan fingerprint density at radius 3 is 2.89 bits per heavy atom. The number of hydrogen-bond donors (Lipinski definition) is 0. The van der Waals surface area contributed by atoms with Gasteiger partial charge in [0.25, 0.3) is 0 Å². The van der Waals surface area contributed by atoms with Crippen molar-refractivity contribution >= 4 is 29.0 Å². The van der Waals surface area contributed by atoms with Gasteiger partial charge in [0.1, 0.15) is 12.9 Å². The minimum absolute atomic E-state index is 0.514. The van der Waals surface area contributed by atoms with Crippen LogP contribution in [0.4, 0.5) is 0 Å². The molecular formula is C13H13Cl2N3O. The fourth-order valence-electron chi connectivity index (χ4n) is 1.49. The average molecular weight is 298 g/mol. The predicted molar refractivity (Wildman–Crippen MR) is 76.9 cm³/mol. The van der Waals surface area contributed by atoms with Crippen molar-refractivity contribution < 1.29 is 4.84 Å². The van der Waals surface area contributed by atoms with Gasteiger partial charge in [0.05, 0.1) is 5.02 Å². The summed E-state index contributed by atoms with van der Waals surface area (Å²) in [6, 6.07) is 5.23. The van der Waals surface area contributed by atoms with Crippen molar-refractivity contribution in [2.75, 3.05) is 6.61 Å². The van der Waals surface area contributed by atoms with Gasteiger partial charge in [0, 0.05) is 23.0 Å². The zero-order valence-corrected chi connectivity index (χ0v) is 11.9. The lowest BCUT2D eigenvalue weighted by atomic mass is 10.2. The summed E-state index contributed by atoms with van der Waals surface area (Å²) in [5.41, 5.74) is 0.736. The van der Waals surface area contributed by atoms with Crippen LogP contribution in [-0.2, 0) is 4.84 Å². The van der Waals surface area contributed by atoms with E-state index >= 15 is 0 Å². The molecule has 1 aromatic carbocycles. The van der Waals surface area contributed by atoms with E-state index < -0.39 is 0 Å². The van der Waals surface area contributed by atoms with Crippen molar-refractivity contribution in [3.05, 3.63) is 52.5 Å². The lowest BCUT2D eigenvalue weighted by Gasteiger charge is -2.09. The Bertz CT molecular complexity index is 567. The van der Waals surface area contributed by atoms with E-state index in [1.54, 1.807) is 41.5 Å². The molecular weight excluding hydrogens is 285 g/mol. The highest BCUT2D eigenvalue weighted by Crippen LogP contribution is 2.22. The van der Waals surface area contributed by atoms with Crippen LogP contribution in [0.5, 0.6) is 0 Å². The summed E-state index contributed by atoms with van der Waals surface area (Å²) in [7, 11) is 0. The SMILES string of the molecule is CCCON=C(c1ccc(Cl)cc1Cl)n1ccnc1. The van der Waals surface area contributed by atoms with Gasteiger partial charge in [0.15, 0.2) is 5.84 Å². The van der Waals surface area contributed by atoms with E-state index in [1.807, 2.05) is 6.92 Å². The second-order valence-electron chi connectivity index (χ2n) is 3.84. The monoisotopic (exact) mass is 297 g/mol. The molecule has 0 aliphatic heterocycles. The van der Waals surface area contributed by atoms with E-state index in [9.17, 15) is 0 Å². The molecule has 100 valence electrons. The fourth-order valence-corrected chi connectivity index (χ4v) is 1.98.